The fraction of sp³-hybridized carbons (Fsp3) is 0.364. The first-order valence-electron chi connectivity index (χ1n) is 9.56. The second-order valence-electron chi connectivity index (χ2n) is 7.24. The quantitative estimate of drug-likeness (QED) is 0.818. The number of anilines is 2. The molecule has 0 saturated carbocycles. The van der Waals surface area contributed by atoms with E-state index >= 15 is 0 Å². The molecule has 0 radical (unpaired) electrons. The number of hydrogen-bond donors (Lipinski definition) is 2. The van der Waals surface area contributed by atoms with E-state index in [0.717, 1.165) is 37.2 Å². The zero-order valence-corrected chi connectivity index (χ0v) is 16.0. The highest BCUT2D eigenvalue weighted by atomic mass is 16.2. The average molecular weight is 365 g/mol. The summed E-state index contributed by atoms with van der Waals surface area (Å²) in [7, 11) is 0. The van der Waals surface area contributed by atoms with Crippen molar-refractivity contribution in [1.29, 1.82) is 0 Å². The van der Waals surface area contributed by atoms with E-state index in [2.05, 4.69) is 15.5 Å². The Morgan fingerprint density at radius 1 is 1.04 bits per heavy atom. The summed E-state index contributed by atoms with van der Waals surface area (Å²) in [5.74, 6) is -0.292. The summed E-state index contributed by atoms with van der Waals surface area (Å²) in [5, 5.41) is 5.89. The predicted molar refractivity (Wildman–Crippen MR) is 109 cm³/mol. The summed E-state index contributed by atoms with van der Waals surface area (Å²) >= 11 is 0. The molecule has 2 aromatic carbocycles. The van der Waals surface area contributed by atoms with Gasteiger partial charge in [0.25, 0.3) is 5.91 Å². The number of nitrogens with one attached hydrogen (secondary N) is 2. The van der Waals surface area contributed by atoms with Gasteiger partial charge in [0.05, 0.1) is 5.56 Å². The molecule has 142 valence electrons. The zero-order valence-electron chi connectivity index (χ0n) is 16.0. The van der Waals surface area contributed by atoms with Crippen LogP contribution in [0.25, 0.3) is 0 Å². The first-order valence-corrected chi connectivity index (χ1v) is 9.56. The molecule has 1 fully saturated rings. The van der Waals surface area contributed by atoms with Gasteiger partial charge in [-0.1, -0.05) is 44.2 Å². The minimum atomic E-state index is -0.124. The molecule has 0 aromatic heterocycles. The van der Waals surface area contributed by atoms with Gasteiger partial charge >= 0.3 is 0 Å². The van der Waals surface area contributed by atoms with E-state index in [0.29, 0.717) is 17.8 Å². The molecular formula is C22H27N3O2. The van der Waals surface area contributed by atoms with Crippen LogP contribution in [-0.4, -0.2) is 24.9 Å². The highest BCUT2D eigenvalue weighted by Crippen LogP contribution is 2.28. The monoisotopic (exact) mass is 365 g/mol. The molecule has 3 rings (SSSR count). The Morgan fingerprint density at radius 3 is 2.41 bits per heavy atom. The van der Waals surface area contributed by atoms with E-state index in [9.17, 15) is 9.59 Å². The summed E-state index contributed by atoms with van der Waals surface area (Å²) in [6.45, 7) is 6.08. The summed E-state index contributed by atoms with van der Waals surface area (Å²) in [6.07, 6.45) is 2.27. The molecule has 0 bridgehead atoms. The van der Waals surface area contributed by atoms with Crippen molar-refractivity contribution < 1.29 is 9.59 Å². The van der Waals surface area contributed by atoms with Crippen molar-refractivity contribution in [2.45, 2.75) is 33.2 Å². The van der Waals surface area contributed by atoms with Crippen LogP contribution in [0, 0.1) is 5.92 Å². The summed E-state index contributed by atoms with van der Waals surface area (Å²) < 4.78 is 0. The van der Waals surface area contributed by atoms with E-state index in [-0.39, 0.29) is 17.7 Å². The number of carbonyl (C=O) groups is 2. The fourth-order valence-corrected chi connectivity index (χ4v) is 3.19. The number of rotatable bonds is 6. The van der Waals surface area contributed by atoms with Crippen molar-refractivity contribution in [3.63, 3.8) is 0 Å². The number of hydrogen-bond acceptors (Lipinski definition) is 3. The molecule has 0 aliphatic carbocycles. The highest BCUT2D eigenvalue weighted by molar-refractivity contribution is 6.02. The third kappa shape index (κ3) is 4.88. The number of nitrogens with zero attached hydrogens (tertiary/aromatic N) is 1. The van der Waals surface area contributed by atoms with Crippen LogP contribution in [0.2, 0.25) is 0 Å². The second kappa shape index (κ2) is 8.71. The molecule has 2 amide bonds. The Bertz CT molecular complexity index is 796. The fourth-order valence-electron chi connectivity index (χ4n) is 3.19. The zero-order chi connectivity index (χ0) is 19.2. The van der Waals surface area contributed by atoms with Gasteiger partial charge in [0.15, 0.2) is 0 Å². The van der Waals surface area contributed by atoms with Crippen molar-refractivity contribution in [2.24, 2.45) is 5.92 Å². The Labute approximate surface area is 160 Å². The van der Waals surface area contributed by atoms with Crippen LogP contribution in [0.3, 0.4) is 0 Å². The summed E-state index contributed by atoms with van der Waals surface area (Å²) in [6, 6.07) is 15.5. The normalized spacial score (nSPS) is 13.7. The van der Waals surface area contributed by atoms with E-state index in [4.69, 9.17) is 0 Å². The first-order chi connectivity index (χ1) is 13.0. The van der Waals surface area contributed by atoms with Gasteiger partial charge in [0, 0.05) is 36.9 Å². The van der Waals surface area contributed by atoms with E-state index in [1.165, 1.54) is 0 Å². The van der Waals surface area contributed by atoms with Crippen LogP contribution < -0.4 is 15.5 Å². The molecule has 0 unspecified atom stereocenters. The van der Waals surface area contributed by atoms with Crippen LogP contribution in [0.1, 0.15) is 42.6 Å². The molecular weight excluding hydrogens is 338 g/mol. The highest BCUT2D eigenvalue weighted by Gasteiger charge is 2.20. The molecule has 1 aliphatic rings. The van der Waals surface area contributed by atoms with Crippen LogP contribution in [0.4, 0.5) is 11.4 Å². The van der Waals surface area contributed by atoms with Crippen molar-refractivity contribution in [1.82, 2.24) is 5.32 Å². The van der Waals surface area contributed by atoms with Gasteiger partial charge in [-0.25, -0.2) is 0 Å². The van der Waals surface area contributed by atoms with Crippen molar-refractivity contribution in [3.05, 3.63) is 59.7 Å². The first kappa shape index (κ1) is 19.0. The summed E-state index contributed by atoms with van der Waals surface area (Å²) in [5.41, 5.74) is 3.24. The van der Waals surface area contributed by atoms with E-state index in [1.54, 1.807) is 6.07 Å². The van der Waals surface area contributed by atoms with Gasteiger partial charge in [-0.3, -0.25) is 9.59 Å². The number of carbonyl (C=O) groups excluding carboxylic acids is 2. The molecule has 1 aliphatic heterocycles. The topological polar surface area (TPSA) is 61.4 Å². The number of amides is 2. The molecule has 1 heterocycles. The Kier molecular flexibility index (Phi) is 6.12. The Hall–Kier alpha value is -2.82. The van der Waals surface area contributed by atoms with Crippen molar-refractivity contribution in [3.8, 4) is 0 Å². The van der Waals surface area contributed by atoms with Gasteiger partial charge in [-0.15, -0.1) is 0 Å². The molecule has 2 aromatic rings. The third-order valence-corrected chi connectivity index (χ3v) is 4.78. The minimum Gasteiger partial charge on any atom is -0.371 e. The molecule has 2 N–H and O–H groups in total. The SMILES string of the molecule is CC(C)C(=O)Nc1ccc(N2CCCC2)c(C(=O)NCc2ccccc2)c1. The molecule has 5 heteroatoms. The van der Waals surface area contributed by atoms with Gasteiger partial charge in [-0.05, 0) is 36.6 Å². The van der Waals surface area contributed by atoms with Gasteiger partial charge in [-0.2, -0.15) is 0 Å². The lowest BCUT2D eigenvalue weighted by Crippen LogP contribution is -2.27. The maximum Gasteiger partial charge on any atom is 0.253 e. The van der Waals surface area contributed by atoms with E-state index < -0.39 is 0 Å². The Balaban J connectivity index is 1.82. The molecule has 27 heavy (non-hydrogen) atoms. The smallest absolute Gasteiger partial charge is 0.253 e. The Morgan fingerprint density at radius 2 is 1.74 bits per heavy atom. The maximum absolute atomic E-state index is 12.9. The van der Waals surface area contributed by atoms with E-state index in [1.807, 2.05) is 56.3 Å². The average Bonchev–Trinajstić information content (AvgIpc) is 3.21. The van der Waals surface area contributed by atoms with Gasteiger partial charge < -0.3 is 15.5 Å². The lowest BCUT2D eigenvalue weighted by Gasteiger charge is -2.22. The molecule has 1 saturated heterocycles. The van der Waals surface area contributed by atoms with Gasteiger partial charge in [0.2, 0.25) is 5.91 Å². The number of benzene rings is 2. The molecule has 5 nitrogen and oxygen atoms in total. The van der Waals surface area contributed by atoms with Crippen LogP contribution >= 0.6 is 0 Å². The van der Waals surface area contributed by atoms with Crippen LogP contribution in [0.15, 0.2) is 48.5 Å². The van der Waals surface area contributed by atoms with Crippen LogP contribution in [0.5, 0.6) is 0 Å². The third-order valence-electron chi connectivity index (χ3n) is 4.78. The molecule has 0 atom stereocenters. The molecule has 0 spiro atoms. The van der Waals surface area contributed by atoms with Crippen LogP contribution in [-0.2, 0) is 11.3 Å². The lowest BCUT2D eigenvalue weighted by molar-refractivity contribution is -0.118. The standard InChI is InChI=1S/C22H27N3O2/c1-16(2)21(26)24-18-10-11-20(25-12-6-7-13-25)19(14-18)22(27)23-15-17-8-4-3-5-9-17/h3-5,8-11,14,16H,6-7,12-13,15H2,1-2H3,(H,23,27)(H,24,26). The predicted octanol–water partition coefficient (Wildman–Crippen LogP) is 3.81. The maximum atomic E-state index is 12.9. The minimum absolute atomic E-state index is 0.0560. The second-order valence-corrected chi connectivity index (χ2v) is 7.24. The van der Waals surface area contributed by atoms with Gasteiger partial charge in [0.1, 0.15) is 0 Å². The lowest BCUT2D eigenvalue weighted by atomic mass is 10.1. The van der Waals surface area contributed by atoms with Crippen molar-refractivity contribution >= 4 is 23.2 Å². The van der Waals surface area contributed by atoms with Crippen molar-refractivity contribution in [2.75, 3.05) is 23.3 Å². The summed E-state index contributed by atoms with van der Waals surface area (Å²) in [4.78, 5) is 27.2. The largest absolute Gasteiger partial charge is 0.371 e.